The van der Waals surface area contributed by atoms with Crippen LogP contribution < -0.4 is 10.2 Å². The first-order valence-corrected chi connectivity index (χ1v) is 8.51. The van der Waals surface area contributed by atoms with Gasteiger partial charge in [-0.1, -0.05) is 47.7 Å². The number of thioether (sulfide) groups is 1. The quantitative estimate of drug-likeness (QED) is 0.900. The van der Waals surface area contributed by atoms with Gasteiger partial charge in [-0.05, 0) is 37.6 Å². The summed E-state index contributed by atoms with van der Waals surface area (Å²) in [6.45, 7) is 3.94. The lowest BCUT2D eigenvalue weighted by Crippen LogP contribution is -2.30. The summed E-state index contributed by atoms with van der Waals surface area (Å²) < 4.78 is 0. The molecular weight excluding hydrogens is 322 g/mol. The van der Waals surface area contributed by atoms with Crippen LogP contribution in [0.15, 0.2) is 53.5 Å². The molecule has 3 rings (SSSR count). The molecule has 1 fully saturated rings. The molecule has 1 heterocycles. The average Bonchev–Trinajstić information content (AvgIpc) is 2.89. The van der Waals surface area contributed by atoms with Gasteiger partial charge in [-0.15, -0.1) is 0 Å². The molecule has 0 atom stereocenters. The number of aryl methyl sites for hydroxylation is 2. The SMILES string of the molecule is Cc1ccc(N2C(=O)CSC2=NC(=O)Nc2ccccc2)c(C)c1. The monoisotopic (exact) mass is 339 g/mol. The Balaban J connectivity index is 1.86. The first-order chi connectivity index (χ1) is 11.5. The van der Waals surface area contributed by atoms with Crippen LogP contribution in [0.4, 0.5) is 16.2 Å². The van der Waals surface area contributed by atoms with Gasteiger partial charge in [0.2, 0.25) is 5.91 Å². The smallest absolute Gasteiger partial charge is 0.306 e. The van der Waals surface area contributed by atoms with Gasteiger partial charge in [0.15, 0.2) is 5.17 Å². The van der Waals surface area contributed by atoms with Crippen molar-refractivity contribution in [2.75, 3.05) is 16.0 Å². The summed E-state index contributed by atoms with van der Waals surface area (Å²) in [5.41, 5.74) is 3.53. The fourth-order valence-corrected chi connectivity index (χ4v) is 3.36. The molecule has 0 aromatic heterocycles. The fourth-order valence-electron chi connectivity index (χ4n) is 2.50. The molecule has 5 nitrogen and oxygen atoms in total. The molecule has 0 aliphatic carbocycles. The van der Waals surface area contributed by atoms with Crippen LogP contribution in [0.3, 0.4) is 0 Å². The summed E-state index contributed by atoms with van der Waals surface area (Å²) in [7, 11) is 0. The summed E-state index contributed by atoms with van der Waals surface area (Å²) in [5.74, 6) is 0.211. The zero-order valence-corrected chi connectivity index (χ0v) is 14.3. The average molecular weight is 339 g/mol. The number of aliphatic imine (C=N–C) groups is 1. The zero-order valence-electron chi connectivity index (χ0n) is 13.4. The molecule has 0 bridgehead atoms. The van der Waals surface area contributed by atoms with Crippen molar-refractivity contribution in [3.05, 3.63) is 59.7 Å². The van der Waals surface area contributed by atoms with Gasteiger partial charge < -0.3 is 5.32 Å². The van der Waals surface area contributed by atoms with Gasteiger partial charge in [0.25, 0.3) is 0 Å². The molecule has 3 amide bonds. The molecule has 1 aliphatic rings. The fraction of sp³-hybridized carbons (Fsp3) is 0.167. The number of carbonyl (C=O) groups excluding carboxylic acids is 2. The number of urea groups is 1. The molecule has 0 spiro atoms. The van der Waals surface area contributed by atoms with Crippen LogP contribution in [0.5, 0.6) is 0 Å². The predicted octanol–water partition coefficient (Wildman–Crippen LogP) is 3.97. The Labute approximate surface area is 144 Å². The van der Waals surface area contributed by atoms with E-state index in [0.29, 0.717) is 10.9 Å². The van der Waals surface area contributed by atoms with Crippen molar-refractivity contribution in [3.63, 3.8) is 0 Å². The first-order valence-electron chi connectivity index (χ1n) is 7.52. The Morgan fingerprint density at radius 1 is 1.17 bits per heavy atom. The summed E-state index contributed by atoms with van der Waals surface area (Å²) >= 11 is 1.27. The van der Waals surface area contributed by atoms with E-state index >= 15 is 0 Å². The number of para-hydroxylation sites is 1. The minimum absolute atomic E-state index is 0.0711. The number of carbonyl (C=O) groups is 2. The van der Waals surface area contributed by atoms with Crippen LogP contribution in [-0.2, 0) is 4.79 Å². The van der Waals surface area contributed by atoms with Crippen LogP contribution in [0, 0.1) is 13.8 Å². The van der Waals surface area contributed by atoms with Crippen molar-refractivity contribution < 1.29 is 9.59 Å². The summed E-state index contributed by atoms with van der Waals surface area (Å²) in [5, 5.41) is 3.10. The van der Waals surface area contributed by atoms with Gasteiger partial charge in [0, 0.05) is 5.69 Å². The number of amides is 3. The molecule has 2 aromatic rings. The van der Waals surface area contributed by atoms with Crippen LogP contribution in [0.25, 0.3) is 0 Å². The number of hydrogen-bond donors (Lipinski definition) is 1. The molecule has 122 valence electrons. The number of amidine groups is 1. The van der Waals surface area contributed by atoms with Crippen molar-refractivity contribution in [3.8, 4) is 0 Å². The Bertz CT molecular complexity index is 818. The highest BCUT2D eigenvalue weighted by molar-refractivity contribution is 8.15. The summed E-state index contributed by atoms with van der Waals surface area (Å²) in [6.07, 6.45) is 0. The largest absolute Gasteiger partial charge is 0.347 e. The second-order valence-corrected chi connectivity index (χ2v) is 6.44. The van der Waals surface area contributed by atoms with Gasteiger partial charge >= 0.3 is 6.03 Å². The van der Waals surface area contributed by atoms with Crippen molar-refractivity contribution in [1.29, 1.82) is 0 Å². The van der Waals surface area contributed by atoms with E-state index in [1.54, 1.807) is 12.1 Å². The standard InChI is InChI=1S/C18H17N3O2S/c1-12-8-9-15(13(2)10-12)21-16(22)11-24-18(21)20-17(23)19-14-6-4-3-5-7-14/h3-10H,11H2,1-2H3,(H,19,23). The van der Waals surface area contributed by atoms with E-state index in [4.69, 9.17) is 0 Å². The maximum Gasteiger partial charge on any atom is 0.347 e. The van der Waals surface area contributed by atoms with Gasteiger partial charge in [-0.3, -0.25) is 9.69 Å². The molecule has 6 heteroatoms. The van der Waals surface area contributed by atoms with E-state index in [1.807, 2.05) is 50.2 Å². The molecule has 24 heavy (non-hydrogen) atoms. The van der Waals surface area contributed by atoms with E-state index < -0.39 is 6.03 Å². The lowest BCUT2D eigenvalue weighted by molar-refractivity contribution is -0.115. The highest BCUT2D eigenvalue weighted by atomic mass is 32.2. The molecule has 1 N–H and O–H groups in total. The normalized spacial score (nSPS) is 15.8. The van der Waals surface area contributed by atoms with Crippen molar-refractivity contribution in [2.24, 2.45) is 4.99 Å². The highest BCUT2D eigenvalue weighted by Crippen LogP contribution is 2.30. The van der Waals surface area contributed by atoms with Crippen molar-refractivity contribution in [2.45, 2.75) is 13.8 Å². The van der Waals surface area contributed by atoms with Gasteiger partial charge in [0.05, 0.1) is 11.4 Å². The van der Waals surface area contributed by atoms with E-state index in [-0.39, 0.29) is 11.7 Å². The number of nitrogens with zero attached hydrogens (tertiary/aromatic N) is 2. The van der Waals surface area contributed by atoms with Crippen LogP contribution >= 0.6 is 11.8 Å². The van der Waals surface area contributed by atoms with Crippen LogP contribution in [0.1, 0.15) is 11.1 Å². The zero-order chi connectivity index (χ0) is 17.1. The predicted molar refractivity (Wildman–Crippen MR) is 98.8 cm³/mol. The van der Waals surface area contributed by atoms with E-state index in [9.17, 15) is 9.59 Å². The maximum absolute atomic E-state index is 12.3. The number of rotatable bonds is 2. The second-order valence-electron chi connectivity index (χ2n) is 5.50. The molecule has 0 radical (unpaired) electrons. The third-order valence-corrected chi connectivity index (χ3v) is 4.50. The van der Waals surface area contributed by atoms with Crippen molar-refractivity contribution >= 4 is 40.2 Å². The minimum Gasteiger partial charge on any atom is -0.306 e. The lowest BCUT2D eigenvalue weighted by atomic mass is 10.1. The molecule has 2 aromatic carbocycles. The third kappa shape index (κ3) is 3.49. The van der Waals surface area contributed by atoms with Gasteiger partial charge in [-0.25, -0.2) is 4.79 Å². The molecule has 1 aliphatic heterocycles. The Hall–Kier alpha value is -2.60. The molecule has 0 unspecified atom stereocenters. The van der Waals surface area contributed by atoms with E-state index in [1.165, 1.54) is 16.7 Å². The topological polar surface area (TPSA) is 61.8 Å². The first kappa shape index (κ1) is 16.3. The Morgan fingerprint density at radius 3 is 2.62 bits per heavy atom. The number of benzene rings is 2. The molecular formula is C18H17N3O2S. The third-order valence-electron chi connectivity index (χ3n) is 3.58. The van der Waals surface area contributed by atoms with E-state index in [0.717, 1.165) is 16.8 Å². The van der Waals surface area contributed by atoms with Crippen molar-refractivity contribution in [1.82, 2.24) is 0 Å². The highest BCUT2D eigenvalue weighted by Gasteiger charge is 2.31. The number of anilines is 2. The van der Waals surface area contributed by atoms with E-state index in [2.05, 4.69) is 10.3 Å². The number of nitrogens with one attached hydrogen (secondary N) is 1. The summed E-state index contributed by atoms with van der Waals surface area (Å²) in [6, 6.07) is 14.5. The second kappa shape index (κ2) is 6.88. The lowest BCUT2D eigenvalue weighted by Gasteiger charge is -2.18. The molecule has 0 saturated carbocycles. The summed E-state index contributed by atoms with van der Waals surface area (Å²) in [4.78, 5) is 30.0. The number of hydrogen-bond acceptors (Lipinski definition) is 3. The van der Waals surface area contributed by atoms with Gasteiger partial charge in [-0.2, -0.15) is 4.99 Å². The maximum atomic E-state index is 12.3. The Kier molecular flexibility index (Phi) is 4.66. The van der Waals surface area contributed by atoms with Crippen LogP contribution in [0.2, 0.25) is 0 Å². The van der Waals surface area contributed by atoms with Gasteiger partial charge in [0.1, 0.15) is 0 Å². The Morgan fingerprint density at radius 2 is 1.92 bits per heavy atom. The molecule has 1 saturated heterocycles. The minimum atomic E-state index is -0.492. The van der Waals surface area contributed by atoms with Crippen LogP contribution in [-0.4, -0.2) is 22.9 Å².